The summed E-state index contributed by atoms with van der Waals surface area (Å²) in [6, 6.07) is 0. The zero-order valence-electron chi connectivity index (χ0n) is 10.7. The van der Waals surface area contributed by atoms with E-state index in [-0.39, 0.29) is 0 Å². The summed E-state index contributed by atoms with van der Waals surface area (Å²) in [5.41, 5.74) is 7.03. The van der Waals surface area contributed by atoms with Crippen LogP contribution in [-0.4, -0.2) is 6.54 Å². The minimum atomic E-state index is 0.622. The van der Waals surface area contributed by atoms with Gasteiger partial charge < -0.3 is 0 Å². The van der Waals surface area contributed by atoms with Crippen LogP contribution in [-0.2, 0) is 0 Å². The Morgan fingerprint density at radius 1 is 0.533 bits per heavy atom. The topological polar surface area (TPSA) is 23.8 Å². The van der Waals surface area contributed by atoms with Crippen LogP contribution >= 0.6 is 0 Å². The van der Waals surface area contributed by atoms with Gasteiger partial charge in [-0.25, -0.2) is 0 Å². The van der Waals surface area contributed by atoms with Crippen molar-refractivity contribution in [3.63, 3.8) is 0 Å². The van der Waals surface area contributed by atoms with E-state index in [2.05, 4.69) is 6.92 Å². The zero-order chi connectivity index (χ0) is 11.2. The summed E-state index contributed by atoms with van der Waals surface area (Å²) in [6.07, 6.45) is 16.6. The van der Waals surface area contributed by atoms with Crippen LogP contribution in [0, 0.1) is 0 Å². The highest BCUT2D eigenvalue weighted by Gasteiger charge is 1.92. The molecule has 0 rings (SSSR count). The normalized spacial score (nSPS) is 10.8. The summed E-state index contributed by atoms with van der Waals surface area (Å²) in [5, 5.41) is 0. The molecule has 0 aliphatic rings. The fourth-order valence-corrected chi connectivity index (χ4v) is 1.97. The van der Waals surface area contributed by atoms with E-state index in [4.69, 9.17) is 5.73 Å². The predicted molar refractivity (Wildman–Crippen MR) is 69.0 cm³/mol. The van der Waals surface area contributed by atoms with Crippen molar-refractivity contribution in [3.8, 4) is 0 Å². The first-order valence-electron chi connectivity index (χ1n) is 7.06. The van der Waals surface area contributed by atoms with Crippen LogP contribution in [0.15, 0.2) is 0 Å². The minimum absolute atomic E-state index is 0.622. The first-order chi connectivity index (χ1) is 7.41. The zero-order valence-corrected chi connectivity index (χ0v) is 10.7. The average Bonchev–Trinajstić information content (AvgIpc) is 2.26. The van der Waals surface area contributed by atoms with Crippen molar-refractivity contribution in [2.24, 2.45) is 0 Å². The molecule has 0 aliphatic heterocycles. The first kappa shape index (κ1) is 15.0. The summed E-state index contributed by atoms with van der Waals surface area (Å²) in [4.78, 5) is 0. The quantitative estimate of drug-likeness (QED) is 0.408. The maximum absolute atomic E-state index is 7.03. The Hall–Kier alpha value is -0.0400. The third-order valence-electron chi connectivity index (χ3n) is 3.03. The van der Waals surface area contributed by atoms with Gasteiger partial charge in [0.1, 0.15) is 0 Å². The lowest BCUT2D eigenvalue weighted by Crippen LogP contribution is -1.86. The fourth-order valence-electron chi connectivity index (χ4n) is 1.97. The lowest BCUT2D eigenvalue weighted by Gasteiger charge is -2.01. The van der Waals surface area contributed by atoms with E-state index in [1.165, 1.54) is 70.6 Å². The van der Waals surface area contributed by atoms with Gasteiger partial charge in [0, 0.05) is 6.54 Å². The smallest absolute Gasteiger partial charge is 0.00997 e. The molecule has 1 radical (unpaired) electrons. The molecule has 0 atom stereocenters. The molecule has 91 valence electrons. The minimum Gasteiger partial charge on any atom is -0.258 e. The summed E-state index contributed by atoms with van der Waals surface area (Å²) in [6.45, 7) is 2.90. The molecule has 0 unspecified atom stereocenters. The number of unbranched alkanes of at least 4 members (excludes halogenated alkanes) is 11. The second-order valence-corrected chi connectivity index (χ2v) is 4.64. The summed E-state index contributed by atoms with van der Waals surface area (Å²) >= 11 is 0. The van der Waals surface area contributed by atoms with E-state index in [0.29, 0.717) is 6.54 Å². The highest BCUT2D eigenvalue weighted by atomic mass is 14.5. The van der Waals surface area contributed by atoms with Crippen LogP contribution < -0.4 is 5.73 Å². The number of rotatable bonds is 12. The Balaban J connectivity index is 2.81. The van der Waals surface area contributed by atoms with Crippen molar-refractivity contribution >= 4 is 0 Å². The first-order valence-corrected chi connectivity index (χ1v) is 7.06. The standard InChI is InChI=1S/C14H30N/c1-2-3-4-5-6-7-8-9-10-11-12-13-14-15/h15H,2-14H2,1H3. The molecule has 0 saturated heterocycles. The Kier molecular flexibility index (Phi) is 13.9. The van der Waals surface area contributed by atoms with Crippen molar-refractivity contribution in [1.82, 2.24) is 5.73 Å². The molecule has 0 fully saturated rings. The SMILES string of the molecule is CCCCCCCCCCCCCC[NH]. The van der Waals surface area contributed by atoms with Crippen molar-refractivity contribution in [2.75, 3.05) is 6.54 Å². The fraction of sp³-hybridized carbons (Fsp3) is 1.00. The lowest BCUT2D eigenvalue weighted by molar-refractivity contribution is 0.544. The van der Waals surface area contributed by atoms with Gasteiger partial charge in [0.15, 0.2) is 0 Å². The van der Waals surface area contributed by atoms with Gasteiger partial charge in [-0.2, -0.15) is 0 Å². The third kappa shape index (κ3) is 14.0. The molecule has 0 aromatic carbocycles. The third-order valence-corrected chi connectivity index (χ3v) is 3.03. The number of hydrogen-bond donors (Lipinski definition) is 0. The number of nitrogens with one attached hydrogen (secondary N) is 1. The van der Waals surface area contributed by atoms with Crippen LogP contribution in [0.4, 0.5) is 0 Å². The highest BCUT2D eigenvalue weighted by molar-refractivity contribution is 4.48. The van der Waals surface area contributed by atoms with E-state index in [1.807, 2.05) is 0 Å². The van der Waals surface area contributed by atoms with Gasteiger partial charge in [-0.05, 0) is 6.42 Å². The van der Waals surface area contributed by atoms with E-state index in [0.717, 1.165) is 6.42 Å². The van der Waals surface area contributed by atoms with Crippen molar-refractivity contribution in [2.45, 2.75) is 84.0 Å². The van der Waals surface area contributed by atoms with Gasteiger partial charge >= 0.3 is 0 Å². The maximum Gasteiger partial charge on any atom is 0.00997 e. The second kappa shape index (κ2) is 14.0. The average molecular weight is 212 g/mol. The van der Waals surface area contributed by atoms with E-state index >= 15 is 0 Å². The molecule has 1 nitrogen and oxygen atoms in total. The molecule has 0 aromatic rings. The Morgan fingerprint density at radius 2 is 0.867 bits per heavy atom. The molecular weight excluding hydrogens is 182 g/mol. The van der Waals surface area contributed by atoms with Crippen LogP contribution in [0.25, 0.3) is 0 Å². The second-order valence-electron chi connectivity index (χ2n) is 4.64. The molecule has 0 aliphatic carbocycles. The van der Waals surface area contributed by atoms with Gasteiger partial charge in [-0.15, -0.1) is 0 Å². The van der Waals surface area contributed by atoms with Gasteiger partial charge in [-0.1, -0.05) is 77.6 Å². The van der Waals surface area contributed by atoms with Gasteiger partial charge in [0.2, 0.25) is 0 Å². The summed E-state index contributed by atoms with van der Waals surface area (Å²) < 4.78 is 0. The van der Waals surface area contributed by atoms with Crippen molar-refractivity contribution in [1.29, 1.82) is 0 Å². The van der Waals surface area contributed by atoms with E-state index in [9.17, 15) is 0 Å². The van der Waals surface area contributed by atoms with Crippen molar-refractivity contribution < 1.29 is 0 Å². The van der Waals surface area contributed by atoms with Gasteiger partial charge in [-0.3, -0.25) is 5.73 Å². The van der Waals surface area contributed by atoms with Gasteiger partial charge in [0.05, 0.1) is 0 Å². The molecule has 15 heavy (non-hydrogen) atoms. The summed E-state index contributed by atoms with van der Waals surface area (Å²) in [5.74, 6) is 0. The van der Waals surface area contributed by atoms with E-state index in [1.54, 1.807) is 0 Å². The molecular formula is C14H30N. The number of hydrogen-bond acceptors (Lipinski definition) is 0. The summed E-state index contributed by atoms with van der Waals surface area (Å²) in [7, 11) is 0. The molecule has 0 aromatic heterocycles. The molecule has 0 spiro atoms. The van der Waals surface area contributed by atoms with Crippen molar-refractivity contribution in [3.05, 3.63) is 0 Å². The molecule has 1 N–H and O–H groups in total. The van der Waals surface area contributed by atoms with Gasteiger partial charge in [0.25, 0.3) is 0 Å². The molecule has 0 bridgehead atoms. The Bertz CT molecular complexity index is 89.5. The predicted octanol–water partition coefficient (Wildman–Crippen LogP) is 4.97. The lowest BCUT2D eigenvalue weighted by atomic mass is 10.1. The molecule has 0 heterocycles. The molecule has 0 amide bonds. The van der Waals surface area contributed by atoms with Crippen LogP contribution in [0.5, 0.6) is 0 Å². The van der Waals surface area contributed by atoms with E-state index < -0.39 is 0 Å². The molecule has 0 saturated carbocycles. The van der Waals surface area contributed by atoms with Crippen LogP contribution in [0.1, 0.15) is 84.0 Å². The Morgan fingerprint density at radius 3 is 1.20 bits per heavy atom. The molecule has 1 heteroatoms. The Labute approximate surface area is 96.8 Å². The van der Waals surface area contributed by atoms with Crippen LogP contribution in [0.2, 0.25) is 0 Å². The maximum atomic E-state index is 7.03. The monoisotopic (exact) mass is 212 g/mol. The highest BCUT2D eigenvalue weighted by Crippen LogP contribution is 2.11. The largest absolute Gasteiger partial charge is 0.258 e. The van der Waals surface area contributed by atoms with Crippen LogP contribution in [0.3, 0.4) is 0 Å².